The van der Waals surface area contributed by atoms with Crippen LogP contribution < -0.4 is 5.32 Å². The minimum Gasteiger partial charge on any atom is -0.310 e. The van der Waals surface area contributed by atoms with Gasteiger partial charge in [0.1, 0.15) is 0 Å². The molecule has 2 fully saturated rings. The predicted molar refractivity (Wildman–Crippen MR) is 73.2 cm³/mol. The Morgan fingerprint density at radius 2 is 1.94 bits per heavy atom. The number of nitrogens with zero attached hydrogens (tertiary/aromatic N) is 1. The zero-order valence-corrected chi connectivity index (χ0v) is 11.8. The third-order valence-electron chi connectivity index (χ3n) is 4.27. The molecule has 0 spiro atoms. The molecule has 16 heavy (non-hydrogen) atoms. The van der Waals surface area contributed by atoms with Gasteiger partial charge in [0.2, 0.25) is 0 Å². The quantitative estimate of drug-likeness (QED) is 0.799. The van der Waals surface area contributed by atoms with E-state index in [-0.39, 0.29) is 0 Å². The molecule has 0 aromatic carbocycles. The summed E-state index contributed by atoms with van der Waals surface area (Å²) in [5.41, 5.74) is 0.495. The molecule has 0 aliphatic carbocycles. The van der Waals surface area contributed by atoms with Crippen LogP contribution in [0.3, 0.4) is 0 Å². The average molecular weight is 242 g/mol. The lowest BCUT2D eigenvalue weighted by Gasteiger charge is -2.42. The normalized spacial score (nSPS) is 32.8. The first-order valence-corrected chi connectivity index (χ1v) is 7.76. The van der Waals surface area contributed by atoms with E-state index in [2.05, 4.69) is 42.9 Å². The van der Waals surface area contributed by atoms with Crippen molar-refractivity contribution in [2.75, 3.05) is 31.6 Å². The standard InChI is InChI=1S/C13H26N2S/c1-13(2)6-9-16-10-12(13)14-11-4-7-15(3)8-5-11/h11-12,14H,4-10H2,1-3H3. The molecule has 94 valence electrons. The van der Waals surface area contributed by atoms with Crippen molar-refractivity contribution in [2.45, 2.75) is 45.2 Å². The highest BCUT2D eigenvalue weighted by Crippen LogP contribution is 2.34. The van der Waals surface area contributed by atoms with Gasteiger partial charge >= 0.3 is 0 Å². The first-order valence-electron chi connectivity index (χ1n) is 6.60. The second-order valence-corrected chi connectivity index (χ2v) is 7.26. The van der Waals surface area contributed by atoms with E-state index >= 15 is 0 Å². The van der Waals surface area contributed by atoms with Gasteiger partial charge in [-0.15, -0.1) is 0 Å². The van der Waals surface area contributed by atoms with E-state index in [0.29, 0.717) is 5.41 Å². The van der Waals surface area contributed by atoms with Gasteiger partial charge < -0.3 is 10.2 Å². The third-order valence-corrected chi connectivity index (χ3v) is 5.34. The number of likely N-dealkylation sites (tertiary alicyclic amines) is 1. The predicted octanol–water partition coefficient (Wildman–Crippen LogP) is 2.20. The maximum Gasteiger partial charge on any atom is 0.0212 e. The Bertz CT molecular complexity index is 222. The molecule has 2 heterocycles. The fraction of sp³-hybridized carbons (Fsp3) is 1.00. The van der Waals surface area contributed by atoms with Gasteiger partial charge in [-0.05, 0) is 50.6 Å². The molecule has 0 aromatic rings. The summed E-state index contributed by atoms with van der Waals surface area (Å²) in [5.74, 6) is 2.65. The zero-order chi connectivity index (χ0) is 11.6. The van der Waals surface area contributed by atoms with Gasteiger partial charge in [-0.3, -0.25) is 0 Å². The summed E-state index contributed by atoms with van der Waals surface area (Å²) in [6, 6.07) is 1.49. The molecule has 0 amide bonds. The summed E-state index contributed by atoms with van der Waals surface area (Å²) in [6.07, 6.45) is 4.02. The number of hydrogen-bond acceptors (Lipinski definition) is 3. The second-order valence-electron chi connectivity index (χ2n) is 6.11. The molecule has 2 aliphatic rings. The molecule has 2 saturated heterocycles. The smallest absolute Gasteiger partial charge is 0.0212 e. The van der Waals surface area contributed by atoms with E-state index in [9.17, 15) is 0 Å². The summed E-state index contributed by atoms with van der Waals surface area (Å²) in [7, 11) is 2.23. The van der Waals surface area contributed by atoms with Gasteiger partial charge in [0.05, 0.1) is 0 Å². The Morgan fingerprint density at radius 1 is 1.25 bits per heavy atom. The Hall–Kier alpha value is 0.270. The van der Waals surface area contributed by atoms with Crippen LogP contribution >= 0.6 is 11.8 Å². The number of nitrogens with one attached hydrogen (secondary N) is 1. The highest BCUT2D eigenvalue weighted by Gasteiger charge is 2.34. The lowest BCUT2D eigenvalue weighted by Crippen LogP contribution is -2.53. The van der Waals surface area contributed by atoms with Crippen molar-refractivity contribution in [1.29, 1.82) is 0 Å². The van der Waals surface area contributed by atoms with E-state index in [0.717, 1.165) is 12.1 Å². The molecule has 3 heteroatoms. The number of rotatable bonds is 2. The third kappa shape index (κ3) is 3.14. The minimum absolute atomic E-state index is 0.495. The van der Waals surface area contributed by atoms with Crippen molar-refractivity contribution >= 4 is 11.8 Å². The lowest BCUT2D eigenvalue weighted by molar-refractivity contribution is 0.180. The van der Waals surface area contributed by atoms with Gasteiger partial charge in [0.15, 0.2) is 0 Å². The van der Waals surface area contributed by atoms with Crippen molar-refractivity contribution < 1.29 is 0 Å². The van der Waals surface area contributed by atoms with Crippen molar-refractivity contribution in [2.24, 2.45) is 5.41 Å². The molecule has 1 N–H and O–H groups in total. The molecule has 2 aliphatic heterocycles. The molecular formula is C13H26N2S. The largest absolute Gasteiger partial charge is 0.310 e. The molecular weight excluding hydrogens is 216 g/mol. The molecule has 2 rings (SSSR count). The Kier molecular flexibility index (Phi) is 4.20. The number of thioether (sulfide) groups is 1. The maximum absolute atomic E-state index is 3.92. The van der Waals surface area contributed by atoms with Crippen LogP contribution in [0.5, 0.6) is 0 Å². The van der Waals surface area contributed by atoms with Gasteiger partial charge in [-0.1, -0.05) is 13.8 Å². The summed E-state index contributed by atoms with van der Waals surface area (Å²) in [6.45, 7) is 7.38. The Labute approximate surface area is 105 Å². The van der Waals surface area contributed by atoms with Crippen LogP contribution in [0.25, 0.3) is 0 Å². The Morgan fingerprint density at radius 3 is 2.56 bits per heavy atom. The SMILES string of the molecule is CN1CCC(NC2CSCCC2(C)C)CC1. The highest BCUT2D eigenvalue weighted by molar-refractivity contribution is 7.99. The van der Waals surface area contributed by atoms with Crippen molar-refractivity contribution in [3.63, 3.8) is 0 Å². The zero-order valence-electron chi connectivity index (χ0n) is 11.0. The van der Waals surface area contributed by atoms with E-state index in [1.807, 2.05) is 0 Å². The van der Waals surface area contributed by atoms with Crippen LogP contribution in [0.2, 0.25) is 0 Å². The van der Waals surface area contributed by atoms with Crippen LogP contribution in [-0.4, -0.2) is 48.6 Å². The van der Waals surface area contributed by atoms with Gasteiger partial charge in [0.25, 0.3) is 0 Å². The maximum atomic E-state index is 3.92. The molecule has 1 atom stereocenters. The van der Waals surface area contributed by atoms with Crippen LogP contribution in [-0.2, 0) is 0 Å². The number of hydrogen-bond donors (Lipinski definition) is 1. The van der Waals surface area contributed by atoms with Crippen LogP contribution in [0, 0.1) is 5.41 Å². The first kappa shape index (κ1) is 12.7. The van der Waals surface area contributed by atoms with Crippen molar-refractivity contribution in [3.8, 4) is 0 Å². The van der Waals surface area contributed by atoms with Gasteiger partial charge in [-0.25, -0.2) is 0 Å². The molecule has 0 radical (unpaired) electrons. The second kappa shape index (κ2) is 5.28. The topological polar surface area (TPSA) is 15.3 Å². The summed E-state index contributed by atoms with van der Waals surface area (Å²) in [4.78, 5) is 2.44. The van der Waals surface area contributed by atoms with E-state index in [1.54, 1.807) is 0 Å². The summed E-state index contributed by atoms with van der Waals surface area (Å²) in [5, 5.41) is 3.92. The minimum atomic E-state index is 0.495. The van der Waals surface area contributed by atoms with E-state index in [1.165, 1.54) is 43.9 Å². The molecule has 0 bridgehead atoms. The number of piperidine rings is 1. The fourth-order valence-electron chi connectivity index (χ4n) is 2.67. The van der Waals surface area contributed by atoms with E-state index in [4.69, 9.17) is 0 Å². The molecule has 0 saturated carbocycles. The monoisotopic (exact) mass is 242 g/mol. The Balaban J connectivity index is 1.84. The highest BCUT2D eigenvalue weighted by atomic mass is 32.2. The summed E-state index contributed by atoms with van der Waals surface area (Å²) < 4.78 is 0. The molecule has 1 unspecified atom stereocenters. The van der Waals surface area contributed by atoms with Gasteiger partial charge in [-0.2, -0.15) is 11.8 Å². The van der Waals surface area contributed by atoms with Gasteiger partial charge in [0, 0.05) is 17.8 Å². The van der Waals surface area contributed by atoms with Crippen molar-refractivity contribution in [1.82, 2.24) is 10.2 Å². The first-order chi connectivity index (χ1) is 7.58. The lowest BCUT2D eigenvalue weighted by atomic mass is 9.81. The van der Waals surface area contributed by atoms with Crippen molar-refractivity contribution in [3.05, 3.63) is 0 Å². The van der Waals surface area contributed by atoms with E-state index < -0.39 is 0 Å². The average Bonchev–Trinajstić information content (AvgIpc) is 2.24. The van der Waals surface area contributed by atoms with Crippen LogP contribution in [0.15, 0.2) is 0 Å². The molecule has 2 nitrogen and oxygen atoms in total. The fourth-order valence-corrected chi connectivity index (χ4v) is 4.29. The van der Waals surface area contributed by atoms with Crippen LogP contribution in [0.4, 0.5) is 0 Å². The summed E-state index contributed by atoms with van der Waals surface area (Å²) >= 11 is 2.12. The molecule has 0 aromatic heterocycles. The van der Waals surface area contributed by atoms with Crippen LogP contribution in [0.1, 0.15) is 33.1 Å².